The predicted molar refractivity (Wildman–Crippen MR) is 123 cm³/mol. The molecule has 0 aliphatic carbocycles. The van der Waals surface area contributed by atoms with E-state index in [0.717, 1.165) is 17.2 Å². The number of nitrogens with zero attached hydrogens (tertiary/aromatic N) is 4. The van der Waals surface area contributed by atoms with Crippen molar-refractivity contribution in [3.05, 3.63) is 77.2 Å². The Bertz CT molecular complexity index is 1550. The summed E-state index contributed by atoms with van der Waals surface area (Å²) in [5.41, 5.74) is 1.71. The topological polar surface area (TPSA) is 118 Å². The van der Waals surface area contributed by atoms with Crippen molar-refractivity contribution in [1.82, 2.24) is 13.9 Å². The molecule has 0 spiro atoms. The molecule has 11 heteroatoms. The van der Waals surface area contributed by atoms with E-state index in [0.29, 0.717) is 22.7 Å². The zero-order valence-corrected chi connectivity index (χ0v) is 18.8. The van der Waals surface area contributed by atoms with Gasteiger partial charge in [-0.3, -0.25) is 10.1 Å². The van der Waals surface area contributed by atoms with E-state index in [4.69, 9.17) is 0 Å². The first-order chi connectivity index (χ1) is 15.8. The molecule has 166 valence electrons. The van der Waals surface area contributed by atoms with Crippen LogP contribution in [0.3, 0.4) is 0 Å². The van der Waals surface area contributed by atoms with Crippen LogP contribution >= 0.6 is 11.5 Å². The van der Waals surface area contributed by atoms with Crippen LogP contribution in [0.25, 0.3) is 17.0 Å². The first-order valence-corrected chi connectivity index (χ1v) is 12.2. The van der Waals surface area contributed by atoms with Crippen LogP contribution in [0.1, 0.15) is 11.1 Å². The van der Waals surface area contributed by atoms with Gasteiger partial charge in [0, 0.05) is 46.0 Å². The summed E-state index contributed by atoms with van der Waals surface area (Å²) in [6, 6.07) is 15.7. The maximum absolute atomic E-state index is 14.2. The first-order valence-electron chi connectivity index (χ1n) is 9.54. The zero-order chi connectivity index (χ0) is 23.6. The fourth-order valence-corrected chi connectivity index (χ4v) is 4.65. The Morgan fingerprint density at radius 3 is 2.67 bits per heavy atom. The first kappa shape index (κ1) is 22.3. The van der Waals surface area contributed by atoms with Gasteiger partial charge in [-0.25, -0.2) is 12.8 Å². The monoisotopic (exact) mass is 481 g/mol. The Hall–Kier alpha value is -3.88. The number of nitriles is 1. The zero-order valence-electron chi connectivity index (χ0n) is 17.2. The number of hydrogen-bond donors (Lipinski definition) is 1. The molecule has 4 aromatic rings. The number of rotatable bonds is 6. The Labute approximate surface area is 192 Å². The third-order valence-electron chi connectivity index (χ3n) is 4.74. The number of hydrogen-bond acceptors (Lipinski definition) is 7. The van der Waals surface area contributed by atoms with Gasteiger partial charge in [-0.05, 0) is 18.2 Å². The third kappa shape index (κ3) is 4.82. The molecule has 2 heterocycles. The highest BCUT2D eigenvalue weighted by atomic mass is 32.2. The maximum Gasteiger partial charge on any atom is 0.268 e. The van der Waals surface area contributed by atoms with E-state index in [1.165, 1.54) is 12.1 Å². The number of carbonyl (C=O) groups is 1. The van der Waals surface area contributed by atoms with Crippen molar-refractivity contribution in [3.63, 3.8) is 0 Å². The molecule has 0 unspecified atom stereocenters. The van der Waals surface area contributed by atoms with Crippen LogP contribution < -0.4 is 5.32 Å². The van der Waals surface area contributed by atoms with E-state index >= 15 is 0 Å². The molecule has 33 heavy (non-hydrogen) atoms. The second-order valence-electron chi connectivity index (χ2n) is 7.10. The normalized spacial score (nSPS) is 12.0. The molecule has 1 amide bonds. The molecule has 0 saturated heterocycles. The summed E-state index contributed by atoms with van der Waals surface area (Å²) in [5.74, 6) is -1.07. The Morgan fingerprint density at radius 1 is 1.24 bits per heavy atom. The molecule has 0 aliphatic rings. The van der Waals surface area contributed by atoms with Gasteiger partial charge < -0.3 is 4.57 Å². The number of nitrogens with one attached hydrogen (secondary N) is 1. The van der Waals surface area contributed by atoms with Crippen LogP contribution in [0, 0.1) is 17.1 Å². The highest BCUT2D eigenvalue weighted by Gasteiger charge is 2.18. The third-order valence-corrected chi connectivity index (χ3v) is 6.33. The van der Waals surface area contributed by atoms with E-state index in [-0.39, 0.29) is 23.1 Å². The Kier molecular flexibility index (Phi) is 6.04. The number of carbonyl (C=O) groups excluding carboxylic acids is 1. The summed E-state index contributed by atoms with van der Waals surface area (Å²) in [6.07, 6.45) is 4.13. The van der Waals surface area contributed by atoms with Crippen molar-refractivity contribution < 1.29 is 17.6 Å². The molecule has 0 saturated carbocycles. The number of anilines is 1. The number of aromatic nitrogens is 3. The number of sulfone groups is 1. The van der Waals surface area contributed by atoms with Gasteiger partial charge in [0.15, 0.2) is 0 Å². The lowest BCUT2D eigenvalue weighted by Crippen LogP contribution is -2.13. The highest BCUT2D eigenvalue weighted by molar-refractivity contribution is 7.90. The average molecular weight is 482 g/mol. The molecular formula is C22H16FN5O3S2. The molecule has 0 atom stereocenters. The predicted octanol–water partition coefficient (Wildman–Crippen LogP) is 3.63. The highest BCUT2D eigenvalue weighted by Crippen LogP contribution is 2.25. The Balaban J connectivity index is 1.67. The van der Waals surface area contributed by atoms with Crippen molar-refractivity contribution in [2.24, 2.45) is 0 Å². The van der Waals surface area contributed by atoms with Crippen molar-refractivity contribution in [1.29, 1.82) is 5.26 Å². The van der Waals surface area contributed by atoms with Crippen molar-refractivity contribution in [2.45, 2.75) is 11.7 Å². The van der Waals surface area contributed by atoms with Crippen molar-refractivity contribution in [3.8, 4) is 6.07 Å². The van der Waals surface area contributed by atoms with Crippen LogP contribution in [0.5, 0.6) is 0 Å². The number of para-hydroxylation sites is 1. The van der Waals surface area contributed by atoms with Crippen LogP contribution in [0.2, 0.25) is 0 Å². The van der Waals surface area contributed by atoms with Gasteiger partial charge in [0.2, 0.25) is 15.0 Å². The second-order valence-corrected chi connectivity index (χ2v) is 9.76. The van der Waals surface area contributed by atoms with E-state index in [1.807, 2.05) is 34.9 Å². The van der Waals surface area contributed by atoms with Gasteiger partial charge in [-0.15, -0.1) is 0 Å². The van der Waals surface area contributed by atoms with Crippen LogP contribution in [0.4, 0.5) is 9.52 Å². The fraction of sp³-hybridized carbons (Fsp3) is 0.0909. The number of fused-ring (bicyclic) bond motifs is 1. The van der Waals surface area contributed by atoms with Gasteiger partial charge in [0.05, 0.1) is 6.54 Å². The van der Waals surface area contributed by atoms with Gasteiger partial charge in [-0.1, -0.05) is 36.4 Å². The summed E-state index contributed by atoms with van der Waals surface area (Å²) < 4.78 is 42.7. The quantitative estimate of drug-likeness (QED) is 0.332. The smallest absolute Gasteiger partial charge is 0.268 e. The minimum atomic E-state index is -3.61. The standard InChI is InChI=1S/C22H16FN5O3S2/c1-33(30,31)22-26-21(32-27-22)25-20(29)15(11-24)10-16-13-28(19-9-5-3-7-17(16)19)12-14-6-2-4-8-18(14)23/h2-10,13H,12H2,1H3,(H,25,26,27,29)/b15-10-. The average Bonchev–Trinajstić information content (AvgIpc) is 3.39. The van der Waals surface area contributed by atoms with E-state index in [2.05, 4.69) is 14.7 Å². The molecule has 0 fully saturated rings. The van der Waals surface area contributed by atoms with E-state index in [1.54, 1.807) is 24.4 Å². The molecular weight excluding hydrogens is 465 g/mol. The van der Waals surface area contributed by atoms with Gasteiger partial charge in [0.1, 0.15) is 17.5 Å². The molecule has 1 N–H and O–H groups in total. The fourth-order valence-electron chi connectivity index (χ4n) is 3.21. The van der Waals surface area contributed by atoms with Crippen LogP contribution in [-0.2, 0) is 21.2 Å². The molecule has 0 bridgehead atoms. The summed E-state index contributed by atoms with van der Waals surface area (Å²) in [7, 11) is -3.61. The van der Waals surface area contributed by atoms with Crippen LogP contribution in [-0.4, -0.2) is 34.5 Å². The van der Waals surface area contributed by atoms with E-state index < -0.39 is 20.9 Å². The van der Waals surface area contributed by atoms with Gasteiger partial charge in [0.25, 0.3) is 11.1 Å². The molecule has 4 rings (SSSR count). The van der Waals surface area contributed by atoms with Crippen molar-refractivity contribution in [2.75, 3.05) is 11.6 Å². The number of benzene rings is 2. The minimum absolute atomic E-state index is 0.0384. The Morgan fingerprint density at radius 2 is 1.97 bits per heavy atom. The van der Waals surface area contributed by atoms with E-state index in [9.17, 15) is 22.9 Å². The molecule has 0 aliphatic heterocycles. The minimum Gasteiger partial charge on any atom is -0.342 e. The van der Waals surface area contributed by atoms with Crippen molar-refractivity contribution >= 4 is 49.4 Å². The van der Waals surface area contributed by atoms with Crippen LogP contribution in [0.15, 0.2) is 65.5 Å². The summed E-state index contributed by atoms with van der Waals surface area (Å²) in [4.78, 5) is 16.4. The molecule has 0 radical (unpaired) electrons. The van der Waals surface area contributed by atoms with Gasteiger partial charge in [-0.2, -0.15) is 14.6 Å². The lowest BCUT2D eigenvalue weighted by Gasteiger charge is -2.06. The summed E-state index contributed by atoms with van der Waals surface area (Å²) in [5, 5.41) is 12.3. The molecule has 2 aromatic heterocycles. The maximum atomic E-state index is 14.2. The SMILES string of the molecule is CS(=O)(=O)c1nsc(NC(=O)/C(C#N)=C\c2cn(Cc3ccccc3F)c3ccccc23)n1. The number of amides is 1. The second kappa shape index (κ2) is 8.93. The summed E-state index contributed by atoms with van der Waals surface area (Å²) in [6.45, 7) is 0.272. The molecule has 8 nitrogen and oxygen atoms in total. The lowest BCUT2D eigenvalue weighted by atomic mass is 10.1. The molecule has 2 aromatic carbocycles. The lowest BCUT2D eigenvalue weighted by molar-refractivity contribution is -0.112. The van der Waals surface area contributed by atoms with Gasteiger partial charge >= 0.3 is 0 Å². The largest absolute Gasteiger partial charge is 0.342 e. The summed E-state index contributed by atoms with van der Waals surface area (Å²) >= 11 is 0.700. The number of halogens is 1.